The number of carbonyl (C=O) groups excluding carboxylic acids is 1. The molecule has 2 aliphatic heterocycles. The molecule has 2 aromatic heterocycles. The van der Waals surface area contributed by atoms with Crippen LogP contribution in [-0.4, -0.2) is 52.7 Å². The second-order valence-electron chi connectivity index (χ2n) is 7.76. The van der Waals surface area contributed by atoms with E-state index >= 15 is 0 Å². The predicted molar refractivity (Wildman–Crippen MR) is 93.6 cm³/mol. The maximum atomic E-state index is 13.1. The van der Waals surface area contributed by atoms with Gasteiger partial charge in [0.2, 0.25) is 0 Å². The van der Waals surface area contributed by atoms with E-state index in [9.17, 15) is 4.79 Å². The highest BCUT2D eigenvalue weighted by atomic mass is 16.1. The molecule has 0 amide bonds. The van der Waals surface area contributed by atoms with Crippen LogP contribution in [0.3, 0.4) is 0 Å². The van der Waals surface area contributed by atoms with Gasteiger partial charge in [0.25, 0.3) is 0 Å². The predicted octanol–water partition coefficient (Wildman–Crippen LogP) is 1.95. The van der Waals surface area contributed by atoms with Crippen LogP contribution >= 0.6 is 0 Å². The molecule has 5 rings (SSSR count). The van der Waals surface area contributed by atoms with Gasteiger partial charge in [0, 0.05) is 42.7 Å². The van der Waals surface area contributed by atoms with Gasteiger partial charge in [-0.15, -0.1) is 0 Å². The van der Waals surface area contributed by atoms with E-state index in [0.717, 1.165) is 24.5 Å². The van der Waals surface area contributed by atoms with Gasteiger partial charge >= 0.3 is 0 Å². The molecule has 2 aromatic rings. The standard InChI is InChI=1S/C20H22N4O/c1-23-11-13-18(25)16-17(14-7-3-5-9-21-14)24(2)19(20(13,16)12-23)15-8-4-6-10-22-15/h3-10,13,16-17,19H,11-12H2,1-2H3. The summed E-state index contributed by atoms with van der Waals surface area (Å²) >= 11 is 0. The van der Waals surface area contributed by atoms with Crippen LogP contribution in [0.1, 0.15) is 23.5 Å². The highest BCUT2D eigenvalue weighted by Gasteiger charge is 2.76. The number of pyridine rings is 2. The smallest absolute Gasteiger partial charge is 0.143 e. The van der Waals surface area contributed by atoms with E-state index in [1.165, 1.54) is 0 Å². The number of ketones is 1. The third-order valence-electron chi connectivity index (χ3n) is 6.55. The van der Waals surface area contributed by atoms with E-state index in [4.69, 9.17) is 0 Å². The number of carbonyl (C=O) groups is 1. The van der Waals surface area contributed by atoms with Gasteiger partial charge in [0.1, 0.15) is 5.78 Å². The maximum Gasteiger partial charge on any atom is 0.143 e. The van der Waals surface area contributed by atoms with Crippen molar-refractivity contribution < 1.29 is 4.79 Å². The van der Waals surface area contributed by atoms with Gasteiger partial charge in [-0.3, -0.25) is 19.7 Å². The molecule has 128 valence electrons. The molecule has 1 saturated carbocycles. The second-order valence-corrected chi connectivity index (χ2v) is 7.76. The topological polar surface area (TPSA) is 49.3 Å². The van der Waals surface area contributed by atoms with Crippen LogP contribution in [0.15, 0.2) is 48.8 Å². The SMILES string of the molecule is CN1CC2C(=O)C3C(c4ccccn4)N(C)C(c4ccccn4)C23C1. The molecule has 1 aliphatic carbocycles. The molecule has 3 fully saturated rings. The fourth-order valence-electron chi connectivity index (χ4n) is 5.80. The van der Waals surface area contributed by atoms with Crippen molar-refractivity contribution in [3.05, 3.63) is 60.2 Å². The van der Waals surface area contributed by atoms with Crippen molar-refractivity contribution in [2.45, 2.75) is 12.1 Å². The number of Topliss-reactive ketones (excluding diaryl/α,β-unsaturated/α-hetero) is 1. The van der Waals surface area contributed by atoms with Gasteiger partial charge in [-0.1, -0.05) is 12.1 Å². The van der Waals surface area contributed by atoms with Gasteiger partial charge in [0.05, 0.1) is 23.5 Å². The highest BCUT2D eigenvalue weighted by molar-refractivity contribution is 5.94. The zero-order valence-electron chi connectivity index (χ0n) is 14.5. The third-order valence-corrected chi connectivity index (χ3v) is 6.55. The molecule has 5 unspecified atom stereocenters. The van der Waals surface area contributed by atoms with Gasteiger partial charge < -0.3 is 4.90 Å². The number of nitrogens with zero attached hydrogens (tertiary/aromatic N) is 4. The monoisotopic (exact) mass is 334 g/mol. The summed E-state index contributed by atoms with van der Waals surface area (Å²) < 4.78 is 0. The number of rotatable bonds is 2. The first-order valence-corrected chi connectivity index (χ1v) is 8.90. The lowest BCUT2D eigenvalue weighted by molar-refractivity contribution is -0.149. The molecule has 5 nitrogen and oxygen atoms in total. The van der Waals surface area contributed by atoms with Crippen LogP contribution in [0.2, 0.25) is 0 Å². The fraction of sp³-hybridized carbons (Fsp3) is 0.450. The molecule has 0 N–H and O–H groups in total. The molecule has 0 aromatic carbocycles. The van der Waals surface area contributed by atoms with Crippen LogP contribution < -0.4 is 0 Å². The summed E-state index contributed by atoms with van der Waals surface area (Å²) in [6.45, 7) is 1.81. The molecule has 25 heavy (non-hydrogen) atoms. The lowest BCUT2D eigenvalue weighted by atomic mass is 9.50. The molecule has 2 saturated heterocycles. The van der Waals surface area contributed by atoms with Crippen LogP contribution in [0.25, 0.3) is 0 Å². The Hall–Kier alpha value is -2.11. The van der Waals surface area contributed by atoms with Crippen LogP contribution in [0, 0.1) is 17.3 Å². The lowest BCUT2D eigenvalue weighted by Crippen LogP contribution is -2.57. The second kappa shape index (κ2) is 5.19. The van der Waals surface area contributed by atoms with E-state index in [1.807, 2.05) is 36.7 Å². The Bertz CT molecular complexity index is 811. The van der Waals surface area contributed by atoms with E-state index in [1.54, 1.807) is 0 Å². The normalized spacial score (nSPS) is 37.6. The Morgan fingerprint density at radius 2 is 1.72 bits per heavy atom. The first-order valence-electron chi connectivity index (χ1n) is 8.90. The average molecular weight is 334 g/mol. The molecule has 1 spiro atoms. The van der Waals surface area contributed by atoms with Crippen molar-refractivity contribution >= 4 is 5.78 Å². The molecular formula is C20H22N4O. The Morgan fingerprint density at radius 1 is 1.04 bits per heavy atom. The minimum Gasteiger partial charge on any atom is -0.305 e. The van der Waals surface area contributed by atoms with E-state index in [2.05, 4.69) is 46.0 Å². The Labute approximate surface area is 147 Å². The van der Waals surface area contributed by atoms with Crippen molar-refractivity contribution in [1.29, 1.82) is 0 Å². The van der Waals surface area contributed by atoms with Gasteiger partial charge in [-0.05, 0) is 38.4 Å². The minimum atomic E-state index is -0.0445. The first kappa shape index (κ1) is 15.2. The van der Waals surface area contributed by atoms with Crippen LogP contribution in [-0.2, 0) is 4.79 Å². The zero-order valence-corrected chi connectivity index (χ0v) is 14.5. The maximum absolute atomic E-state index is 13.1. The summed E-state index contributed by atoms with van der Waals surface area (Å²) in [6.07, 6.45) is 3.68. The minimum absolute atomic E-state index is 0.00866. The summed E-state index contributed by atoms with van der Waals surface area (Å²) in [7, 11) is 4.26. The molecule has 5 heteroatoms. The number of likely N-dealkylation sites (tertiary alicyclic amines) is 2. The lowest BCUT2D eigenvalue weighted by Gasteiger charge is -2.49. The third kappa shape index (κ3) is 1.82. The zero-order chi connectivity index (χ0) is 17.2. The molecule has 5 atom stereocenters. The van der Waals surface area contributed by atoms with E-state index in [0.29, 0.717) is 5.78 Å². The average Bonchev–Trinajstić information content (AvgIpc) is 3.06. The molecule has 3 aliphatic rings. The van der Waals surface area contributed by atoms with Gasteiger partial charge in [-0.25, -0.2) is 0 Å². The number of aromatic nitrogens is 2. The Kier molecular flexibility index (Phi) is 3.15. The quantitative estimate of drug-likeness (QED) is 0.840. The highest BCUT2D eigenvalue weighted by Crippen LogP contribution is 2.70. The van der Waals surface area contributed by atoms with Crippen molar-refractivity contribution in [3.8, 4) is 0 Å². The summed E-state index contributed by atoms with van der Waals surface area (Å²) in [5.74, 6) is 0.533. The van der Waals surface area contributed by atoms with Crippen molar-refractivity contribution in [3.63, 3.8) is 0 Å². The van der Waals surface area contributed by atoms with Crippen molar-refractivity contribution in [2.24, 2.45) is 17.3 Å². The number of hydrogen-bond acceptors (Lipinski definition) is 5. The van der Waals surface area contributed by atoms with Gasteiger partial charge in [0.15, 0.2) is 0 Å². The summed E-state index contributed by atoms with van der Waals surface area (Å²) in [5, 5.41) is 0. The Morgan fingerprint density at radius 3 is 2.36 bits per heavy atom. The number of hydrogen-bond donors (Lipinski definition) is 0. The molecule has 0 radical (unpaired) electrons. The molecule has 4 heterocycles. The fourth-order valence-corrected chi connectivity index (χ4v) is 5.80. The van der Waals surface area contributed by atoms with Crippen LogP contribution in [0.5, 0.6) is 0 Å². The molecular weight excluding hydrogens is 312 g/mol. The summed E-state index contributed by atoms with van der Waals surface area (Å²) in [5.41, 5.74) is 2.02. The molecule has 0 bridgehead atoms. The van der Waals surface area contributed by atoms with E-state index in [-0.39, 0.29) is 29.3 Å². The summed E-state index contributed by atoms with van der Waals surface area (Å²) in [4.78, 5) is 27.0. The largest absolute Gasteiger partial charge is 0.305 e. The Balaban J connectivity index is 1.67. The first-order chi connectivity index (χ1) is 12.1. The summed E-state index contributed by atoms with van der Waals surface area (Å²) in [6, 6.07) is 12.3. The van der Waals surface area contributed by atoms with Crippen molar-refractivity contribution in [1.82, 2.24) is 19.8 Å². The van der Waals surface area contributed by atoms with E-state index < -0.39 is 0 Å². The van der Waals surface area contributed by atoms with Crippen LogP contribution in [0.4, 0.5) is 0 Å². The van der Waals surface area contributed by atoms with Crippen molar-refractivity contribution in [2.75, 3.05) is 27.2 Å². The van der Waals surface area contributed by atoms with Gasteiger partial charge in [-0.2, -0.15) is 0 Å².